The van der Waals surface area contributed by atoms with Gasteiger partial charge in [-0.15, -0.1) is 0 Å². The molecule has 0 saturated carbocycles. The van der Waals surface area contributed by atoms with E-state index in [1.54, 1.807) is 66.7 Å². The van der Waals surface area contributed by atoms with E-state index in [-0.39, 0.29) is 10.5 Å². The molecule has 0 spiro atoms. The van der Waals surface area contributed by atoms with Crippen LogP contribution >= 0.6 is 0 Å². The average molecular weight is 539 g/mol. The molecule has 0 amide bonds. The molecule has 0 bridgehead atoms. The minimum atomic E-state index is -4.22. The maximum Gasteiger partial charge on any atom is 0.502 e. The van der Waals surface area contributed by atoms with Crippen LogP contribution in [0.5, 0.6) is 0 Å². The highest BCUT2D eigenvalue weighted by molar-refractivity contribution is 7.90. The molecule has 1 aliphatic heterocycles. The van der Waals surface area contributed by atoms with Crippen molar-refractivity contribution in [3.63, 3.8) is 0 Å². The Bertz CT molecular complexity index is 1580. The highest BCUT2D eigenvalue weighted by atomic mass is 32.2. The average Bonchev–Trinajstić information content (AvgIpc) is 3.32. The van der Waals surface area contributed by atoms with E-state index >= 15 is 0 Å². The Morgan fingerprint density at radius 3 is 2.03 bits per heavy atom. The predicted molar refractivity (Wildman–Crippen MR) is 149 cm³/mol. The fourth-order valence-corrected chi connectivity index (χ4v) is 6.25. The molecule has 196 valence electrons. The van der Waals surface area contributed by atoms with E-state index in [1.807, 2.05) is 37.3 Å². The van der Waals surface area contributed by atoms with Crippen molar-refractivity contribution in [3.05, 3.63) is 120 Å². The Kier molecular flexibility index (Phi) is 7.37. The molecule has 0 unspecified atom stereocenters. The summed E-state index contributed by atoms with van der Waals surface area (Å²) in [5.74, 6) is -1.47. The molecule has 4 aromatic carbocycles. The topological polar surface area (TPSA) is 90.0 Å². The van der Waals surface area contributed by atoms with Crippen LogP contribution in [0.2, 0.25) is 0 Å². The lowest BCUT2D eigenvalue weighted by atomic mass is 9.74. The molecule has 0 N–H and O–H groups in total. The minimum absolute atomic E-state index is 0.00681. The van der Waals surface area contributed by atoms with E-state index in [0.717, 1.165) is 20.9 Å². The van der Waals surface area contributed by atoms with Crippen LogP contribution in [0.3, 0.4) is 0 Å². The van der Waals surface area contributed by atoms with Gasteiger partial charge in [-0.25, -0.2) is 13.2 Å². The van der Waals surface area contributed by atoms with Gasteiger partial charge in [-0.1, -0.05) is 90.5 Å². The quantitative estimate of drug-likeness (QED) is 0.258. The van der Waals surface area contributed by atoms with Crippen molar-refractivity contribution >= 4 is 34.5 Å². The van der Waals surface area contributed by atoms with Crippen molar-refractivity contribution in [1.82, 2.24) is 4.22 Å². The number of ether oxygens (including phenoxy) is 1. The van der Waals surface area contributed by atoms with Crippen LogP contribution in [-0.2, 0) is 24.2 Å². The van der Waals surface area contributed by atoms with Crippen LogP contribution in [-0.4, -0.2) is 43.8 Å². The number of nitrogens with zero attached hydrogens (tertiary/aromatic N) is 1. The Hall–Kier alpha value is -4.21. The zero-order chi connectivity index (χ0) is 27.6. The van der Waals surface area contributed by atoms with E-state index in [4.69, 9.17) is 9.39 Å². The van der Waals surface area contributed by atoms with Gasteiger partial charge in [0.1, 0.15) is 6.10 Å². The Morgan fingerprint density at radius 2 is 1.41 bits per heavy atom. The van der Waals surface area contributed by atoms with Gasteiger partial charge in [0.05, 0.1) is 10.5 Å². The number of hydrogen-bond donors (Lipinski definition) is 0. The molecular weight excluding hydrogens is 513 g/mol. The minimum Gasteiger partial charge on any atom is -0.514 e. The predicted octanol–water partition coefficient (Wildman–Crippen LogP) is 4.22. The fraction of sp³-hybridized carbons (Fsp3) is 0.133. The van der Waals surface area contributed by atoms with Gasteiger partial charge < -0.3 is 9.39 Å². The summed E-state index contributed by atoms with van der Waals surface area (Å²) in [7, 11) is -5.43. The maximum absolute atomic E-state index is 13.9. The lowest BCUT2D eigenvalue weighted by Crippen LogP contribution is -2.54. The van der Waals surface area contributed by atoms with E-state index < -0.39 is 41.2 Å². The summed E-state index contributed by atoms with van der Waals surface area (Å²) in [5, 5.41) is 0. The van der Waals surface area contributed by atoms with Gasteiger partial charge in [0.2, 0.25) is 10.0 Å². The first-order chi connectivity index (χ1) is 18.8. The summed E-state index contributed by atoms with van der Waals surface area (Å²) >= 11 is 0. The van der Waals surface area contributed by atoms with Gasteiger partial charge in [-0.3, -0.25) is 4.79 Å². The number of hydrogen-bond acceptors (Lipinski definition) is 6. The number of rotatable bonds is 7. The van der Waals surface area contributed by atoms with Gasteiger partial charge >= 0.3 is 19.0 Å². The molecule has 0 radical (unpaired) electrons. The number of sulfonamides is 1. The fourth-order valence-electron chi connectivity index (χ4n) is 4.55. The van der Waals surface area contributed by atoms with E-state index in [0.29, 0.717) is 5.46 Å². The first-order valence-electron chi connectivity index (χ1n) is 12.5. The molecule has 9 heteroatoms. The Labute approximate surface area is 228 Å². The van der Waals surface area contributed by atoms with Gasteiger partial charge in [0, 0.05) is 0 Å². The lowest BCUT2D eigenvalue weighted by molar-refractivity contribution is -0.136. The molecule has 1 heterocycles. The van der Waals surface area contributed by atoms with E-state index in [1.165, 1.54) is 19.1 Å². The van der Waals surface area contributed by atoms with Crippen molar-refractivity contribution in [2.45, 2.75) is 30.9 Å². The Morgan fingerprint density at radius 1 is 0.846 bits per heavy atom. The van der Waals surface area contributed by atoms with Gasteiger partial charge in [-0.2, -0.15) is 4.22 Å². The largest absolute Gasteiger partial charge is 0.514 e. The molecular formula is C30H26BNO6S. The normalized spacial score (nSPS) is 16.5. The molecule has 1 saturated heterocycles. The third-order valence-electron chi connectivity index (χ3n) is 6.62. The molecule has 5 rings (SSSR count). The van der Waals surface area contributed by atoms with Crippen LogP contribution in [0.1, 0.15) is 22.8 Å². The third-order valence-corrected chi connectivity index (χ3v) is 8.46. The zero-order valence-corrected chi connectivity index (χ0v) is 22.2. The van der Waals surface area contributed by atoms with Crippen molar-refractivity contribution in [2.75, 3.05) is 0 Å². The van der Waals surface area contributed by atoms with Gasteiger partial charge in [0.25, 0.3) is 0 Å². The molecule has 4 aromatic rings. The second kappa shape index (κ2) is 10.9. The Balaban J connectivity index is 1.44. The third kappa shape index (κ3) is 5.37. The SMILES string of the molecule is Cc1ccc(S(=O)(=O)N2B(c3ccccc3)OC(=O)[C@@H]2[C@H](C)OC(=O)c2ccc(-c3ccccc3)cc2)cc1. The van der Waals surface area contributed by atoms with Crippen LogP contribution in [0.15, 0.2) is 114 Å². The highest BCUT2D eigenvalue weighted by Gasteiger charge is 2.56. The molecule has 0 aromatic heterocycles. The number of benzene rings is 4. The summed E-state index contributed by atoms with van der Waals surface area (Å²) in [6.07, 6.45) is -1.13. The molecule has 2 atom stereocenters. The van der Waals surface area contributed by atoms with Crippen molar-refractivity contribution in [2.24, 2.45) is 0 Å². The van der Waals surface area contributed by atoms with Gasteiger partial charge in [-0.05, 0) is 54.7 Å². The lowest BCUT2D eigenvalue weighted by Gasteiger charge is -2.27. The van der Waals surface area contributed by atoms with Crippen molar-refractivity contribution in [1.29, 1.82) is 0 Å². The van der Waals surface area contributed by atoms with Crippen molar-refractivity contribution in [3.8, 4) is 11.1 Å². The highest BCUT2D eigenvalue weighted by Crippen LogP contribution is 2.29. The van der Waals surface area contributed by atoms with Crippen LogP contribution < -0.4 is 5.46 Å². The number of carbonyl (C=O) groups excluding carboxylic acids is 2. The summed E-state index contributed by atoms with van der Waals surface area (Å²) in [4.78, 5) is 26.2. The molecule has 1 fully saturated rings. The molecule has 1 aliphatic rings. The first-order valence-corrected chi connectivity index (χ1v) is 13.9. The first kappa shape index (κ1) is 26.4. The van der Waals surface area contributed by atoms with Crippen LogP contribution in [0.4, 0.5) is 0 Å². The molecule has 0 aliphatic carbocycles. The van der Waals surface area contributed by atoms with Crippen LogP contribution in [0, 0.1) is 6.92 Å². The number of aryl methyl sites for hydroxylation is 1. The van der Waals surface area contributed by atoms with Crippen molar-refractivity contribution < 1.29 is 27.4 Å². The zero-order valence-electron chi connectivity index (χ0n) is 21.4. The standard InChI is InChI=1S/C30H26BNO6S/c1-21-13-19-27(20-14-21)39(35,36)32-28(30(34)38-31(32)26-11-7-4-8-12-26)22(2)37-29(33)25-17-15-24(16-18-25)23-9-5-3-6-10-23/h3-20,22,28H,1-2H3/t22-,28-/m0/s1. The van der Waals surface area contributed by atoms with E-state index in [2.05, 4.69) is 0 Å². The van der Waals surface area contributed by atoms with Crippen LogP contribution in [0.25, 0.3) is 11.1 Å². The van der Waals surface area contributed by atoms with E-state index in [9.17, 15) is 18.0 Å². The number of esters is 1. The maximum atomic E-state index is 13.9. The monoisotopic (exact) mass is 539 g/mol. The smallest absolute Gasteiger partial charge is 0.502 e. The second-order valence-corrected chi connectivity index (χ2v) is 11.2. The van der Waals surface area contributed by atoms with Gasteiger partial charge in [0.15, 0.2) is 6.04 Å². The summed E-state index contributed by atoms with van der Waals surface area (Å²) in [6.45, 7) is 3.34. The molecule has 7 nitrogen and oxygen atoms in total. The number of carbonyl (C=O) groups is 2. The molecule has 39 heavy (non-hydrogen) atoms. The second-order valence-electron chi connectivity index (χ2n) is 9.35. The summed E-state index contributed by atoms with van der Waals surface area (Å²) in [6, 6.07) is 30.2. The summed E-state index contributed by atoms with van der Waals surface area (Å²) < 4.78 is 40.0. The summed E-state index contributed by atoms with van der Waals surface area (Å²) in [5.41, 5.74) is 3.59.